The zero-order chi connectivity index (χ0) is 37.9. The summed E-state index contributed by atoms with van der Waals surface area (Å²) in [6.07, 6.45) is 0.942. The average molecular weight is 741 g/mol. The van der Waals surface area contributed by atoms with E-state index in [0.717, 1.165) is 89.9 Å². The Kier molecular flexibility index (Phi) is 16.2. The van der Waals surface area contributed by atoms with Crippen LogP contribution in [0.25, 0.3) is 0 Å². The maximum absolute atomic E-state index is 6.00. The van der Waals surface area contributed by atoms with Crippen LogP contribution in [-0.4, -0.2) is 98.4 Å². The summed E-state index contributed by atoms with van der Waals surface area (Å²) in [5.41, 5.74) is 6.71. The van der Waals surface area contributed by atoms with E-state index in [4.69, 9.17) is 14.2 Å². The van der Waals surface area contributed by atoms with Crippen molar-refractivity contribution in [1.29, 1.82) is 0 Å². The minimum Gasteiger partial charge on any atom is -0.497 e. The largest absolute Gasteiger partial charge is 0.497 e. The van der Waals surface area contributed by atoms with E-state index in [-0.39, 0.29) is 6.04 Å². The molecule has 7 heteroatoms. The normalized spacial score (nSPS) is 16.9. The summed E-state index contributed by atoms with van der Waals surface area (Å²) < 4.78 is 17.0. The molecule has 7 nitrogen and oxygen atoms in total. The van der Waals surface area contributed by atoms with Crippen LogP contribution >= 0.6 is 0 Å². The first-order valence-corrected chi connectivity index (χ1v) is 20.1. The number of rotatable bonds is 16. The molecule has 1 fully saturated rings. The molecule has 5 aromatic rings. The van der Waals surface area contributed by atoms with Crippen LogP contribution < -0.4 is 9.47 Å². The fourth-order valence-electron chi connectivity index (χ4n) is 7.46. The lowest BCUT2D eigenvalue weighted by Crippen LogP contribution is -2.50. The molecule has 0 unspecified atom stereocenters. The van der Waals surface area contributed by atoms with Gasteiger partial charge in [-0.25, -0.2) is 0 Å². The molecule has 55 heavy (non-hydrogen) atoms. The van der Waals surface area contributed by atoms with E-state index in [1.165, 1.54) is 27.8 Å². The van der Waals surface area contributed by atoms with Crippen LogP contribution in [0.4, 0.5) is 0 Å². The maximum Gasteiger partial charge on any atom is 0.119 e. The van der Waals surface area contributed by atoms with E-state index in [2.05, 4.69) is 159 Å². The van der Waals surface area contributed by atoms with Gasteiger partial charge in [-0.1, -0.05) is 115 Å². The van der Waals surface area contributed by atoms with E-state index in [1.807, 2.05) is 6.92 Å². The Morgan fingerprint density at radius 1 is 0.473 bits per heavy atom. The van der Waals surface area contributed by atoms with Crippen molar-refractivity contribution in [3.8, 4) is 11.5 Å². The predicted molar refractivity (Wildman–Crippen MR) is 224 cm³/mol. The standard InChI is InChI=1S/C48H60N4O3/c1-3-54-33-34-55-48-25-19-41(20-26-48)35-46-40-51(38-45-21-23-47(53-2)24-22-45)30-29-49(36-42-13-7-4-8-14-42)27-28-50(37-43-15-9-5-10-16-43)31-32-52(46)39-44-17-11-6-12-18-44/h4-26,46H,3,27-40H2,1-2H3/t46-/m0/s1. The molecule has 0 N–H and O–H groups in total. The molecule has 5 aromatic carbocycles. The molecule has 6 rings (SSSR count). The lowest BCUT2D eigenvalue weighted by Gasteiger charge is -2.39. The average Bonchev–Trinajstić information content (AvgIpc) is 3.23. The highest BCUT2D eigenvalue weighted by molar-refractivity contribution is 5.29. The molecule has 1 heterocycles. The van der Waals surface area contributed by atoms with Crippen molar-refractivity contribution in [2.24, 2.45) is 0 Å². The van der Waals surface area contributed by atoms with Crippen LogP contribution in [-0.2, 0) is 37.3 Å². The Hall–Kier alpha value is -4.50. The minimum absolute atomic E-state index is 0.281. The number of hydrogen-bond acceptors (Lipinski definition) is 7. The van der Waals surface area contributed by atoms with Gasteiger partial charge in [-0.05, 0) is 65.4 Å². The van der Waals surface area contributed by atoms with E-state index in [0.29, 0.717) is 19.8 Å². The highest BCUT2D eigenvalue weighted by Gasteiger charge is 2.25. The quantitative estimate of drug-likeness (QED) is 0.0950. The molecular weight excluding hydrogens is 681 g/mol. The van der Waals surface area contributed by atoms with Crippen molar-refractivity contribution in [3.63, 3.8) is 0 Å². The van der Waals surface area contributed by atoms with Gasteiger partial charge in [0.25, 0.3) is 0 Å². The van der Waals surface area contributed by atoms with Gasteiger partial charge >= 0.3 is 0 Å². The highest BCUT2D eigenvalue weighted by atomic mass is 16.5. The molecule has 0 spiro atoms. The Balaban J connectivity index is 1.31. The molecule has 0 aliphatic carbocycles. The van der Waals surface area contributed by atoms with Crippen LogP contribution in [0.2, 0.25) is 0 Å². The Morgan fingerprint density at radius 2 is 0.927 bits per heavy atom. The Morgan fingerprint density at radius 3 is 1.47 bits per heavy atom. The maximum atomic E-state index is 6.00. The number of ether oxygens (including phenoxy) is 3. The lowest BCUT2D eigenvalue weighted by atomic mass is 10.0. The van der Waals surface area contributed by atoms with Crippen molar-refractivity contribution in [2.45, 2.75) is 45.6 Å². The number of nitrogens with zero attached hydrogens (tertiary/aromatic N) is 4. The van der Waals surface area contributed by atoms with Gasteiger partial charge in [0.2, 0.25) is 0 Å². The fourth-order valence-corrected chi connectivity index (χ4v) is 7.46. The van der Waals surface area contributed by atoms with Crippen LogP contribution in [0.1, 0.15) is 34.7 Å². The second-order valence-corrected chi connectivity index (χ2v) is 14.6. The van der Waals surface area contributed by atoms with Gasteiger partial charge in [0.05, 0.1) is 13.7 Å². The van der Waals surface area contributed by atoms with Gasteiger partial charge in [-0.2, -0.15) is 0 Å². The predicted octanol–water partition coefficient (Wildman–Crippen LogP) is 8.04. The first kappa shape index (κ1) is 40.2. The van der Waals surface area contributed by atoms with Crippen molar-refractivity contribution in [2.75, 3.05) is 72.7 Å². The number of hydrogen-bond donors (Lipinski definition) is 0. The topological polar surface area (TPSA) is 40.7 Å². The lowest BCUT2D eigenvalue weighted by molar-refractivity contribution is 0.0858. The monoisotopic (exact) mass is 740 g/mol. The second kappa shape index (κ2) is 22.2. The molecule has 1 aliphatic heterocycles. The highest BCUT2D eigenvalue weighted by Crippen LogP contribution is 2.21. The summed E-state index contributed by atoms with van der Waals surface area (Å²) in [5, 5.41) is 0. The third-order valence-corrected chi connectivity index (χ3v) is 10.5. The van der Waals surface area contributed by atoms with Crippen LogP contribution in [0.15, 0.2) is 140 Å². The van der Waals surface area contributed by atoms with E-state index >= 15 is 0 Å². The summed E-state index contributed by atoms with van der Waals surface area (Å²) in [7, 11) is 1.74. The zero-order valence-corrected chi connectivity index (χ0v) is 33.0. The summed E-state index contributed by atoms with van der Waals surface area (Å²) in [6.45, 7) is 14.4. The smallest absolute Gasteiger partial charge is 0.119 e. The van der Waals surface area contributed by atoms with Crippen molar-refractivity contribution >= 4 is 0 Å². The summed E-state index contributed by atoms with van der Waals surface area (Å²) in [6, 6.07) is 50.6. The van der Waals surface area contributed by atoms with E-state index < -0.39 is 0 Å². The molecular formula is C48H60N4O3. The van der Waals surface area contributed by atoms with Gasteiger partial charge in [0, 0.05) is 84.6 Å². The second-order valence-electron chi connectivity index (χ2n) is 14.6. The van der Waals surface area contributed by atoms with Crippen LogP contribution in [0, 0.1) is 0 Å². The molecule has 1 atom stereocenters. The molecule has 1 saturated heterocycles. The van der Waals surface area contributed by atoms with Crippen LogP contribution in [0.3, 0.4) is 0 Å². The zero-order valence-electron chi connectivity index (χ0n) is 33.0. The minimum atomic E-state index is 0.281. The van der Waals surface area contributed by atoms with Crippen LogP contribution in [0.5, 0.6) is 11.5 Å². The molecule has 0 aromatic heterocycles. The van der Waals surface area contributed by atoms with Gasteiger partial charge in [0.15, 0.2) is 0 Å². The van der Waals surface area contributed by atoms with Gasteiger partial charge in [0.1, 0.15) is 18.1 Å². The number of benzene rings is 5. The summed E-state index contributed by atoms with van der Waals surface area (Å²) in [5.74, 6) is 1.78. The molecule has 290 valence electrons. The molecule has 0 bridgehead atoms. The Labute approximate surface area is 330 Å². The van der Waals surface area contributed by atoms with Crippen molar-refractivity contribution in [3.05, 3.63) is 167 Å². The van der Waals surface area contributed by atoms with Crippen molar-refractivity contribution in [1.82, 2.24) is 19.6 Å². The first-order chi connectivity index (χ1) is 27.1. The fraction of sp³-hybridized carbons (Fsp3) is 0.375. The third-order valence-electron chi connectivity index (χ3n) is 10.5. The summed E-state index contributed by atoms with van der Waals surface area (Å²) >= 11 is 0. The first-order valence-electron chi connectivity index (χ1n) is 20.1. The van der Waals surface area contributed by atoms with Gasteiger partial charge < -0.3 is 14.2 Å². The summed E-state index contributed by atoms with van der Waals surface area (Å²) in [4.78, 5) is 10.8. The molecule has 0 radical (unpaired) electrons. The van der Waals surface area contributed by atoms with E-state index in [9.17, 15) is 0 Å². The van der Waals surface area contributed by atoms with Gasteiger partial charge in [-0.3, -0.25) is 19.6 Å². The number of methoxy groups -OCH3 is 1. The molecule has 1 aliphatic rings. The van der Waals surface area contributed by atoms with Gasteiger partial charge in [-0.15, -0.1) is 0 Å². The SMILES string of the molecule is CCOCCOc1ccc(C[C@H]2CN(Cc3ccc(OC)cc3)CCN(Cc3ccccc3)CCN(Cc3ccccc3)CCN2Cc2ccccc2)cc1. The van der Waals surface area contributed by atoms with E-state index in [1.54, 1.807) is 7.11 Å². The molecule has 0 amide bonds. The third kappa shape index (κ3) is 13.6. The van der Waals surface area contributed by atoms with Crippen molar-refractivity contribution < 1.29 is 14.2 Å². The molecule has 0 saturated carbocycles. The Bertz CT molecular complexity index is 1760.